The number of ether oxygens (including phenoxy) is 2. The SMILES string of the molecule is COc1cccc(N2CC(C(=O)Nc3ccc(OC(F)(F)F)cc3)CC2=O)c1. The Labute approximate surface area is 158 Å². The van der Waals surface area contributed by atoms with Crippen molar-refractivity contribution < 1.29 is 32.2 Å². The van der Waals surface area contributed by atoms with Crippen LogP contribution in [-0.2, 0) is 9.59 Å². The Hall–Kier alpha value is -3.23. The Kier molecular flexibility index (Phi) is 5.43. The Bertz CT molecular complexity index is 868. The number of hydrogen-bond donors (Lipinski definition) is 1. The van der Waals surface area contributed by atoms with Crippen LogP contribution in [0.3, 0.4) is 0 Å². The van der Waals surface area contributed by atoms with Crippen molar-refractivity contribution in [2.45, 2.75) is 12.8 Å². The number of anilines is 2. The van der Waals surface area contributed by atoms with Crippen molar-refractivity contribution in [3.8, 4) is 11.5 Å². The number of halogens is 3. The fraction of sp³-hybridized carbons (Fsp3) is 0.263. The summed E-state index contributed by atoms with van der Waals surface area (Å²) in [5.41, 5.74) is 0.945. The molecule has 148 valence electrons. The molecule has 2 amide bonds. The standard InChI is InChI=1S/C19H17F3N2O4/c1-27-16-4-2-3-14(10-16)24-11-12(9-17(24)25)18(26)23-13-5-7-15(8-6-13)28-19(20,21)22/h2-8,10,12H,9,11H2,1H3,(H,23,26). The van der Waals surface area contributed by atoms with E-state index in [4.69, 9.17) is 4.74 Å². The number of nitrogens with zero attached hydrogens (tertiary/aromatic N) is 1. The second-order valence-corrected chi connectivity index (χ2v) is 6.17. The molecule has 2 aromatic rings. The maximum atomic E-state index is 12.4. The van der Waals surface area contributed by atoms with Crippen LogP contribution < -0.4 is 19.7 Å². The summed E-state index contributed by atoms with van der Waals surface area (Å²) in [4.78, 5) is 26.3. The fourth-order valence-electron chi connectivity index (χ4n) is 2.90. The summed E-state index contributed by atoms with van der Waals surface area (Å²) in [5, 5.41) is 2.61. The van der Waals surface area contributed by atoms with E-state index in [0.29, 0.717) is 17.1 Å². The molecule has 1 heterocycles. The Morgan fingerprint density at radius 1 is 1.14 bits per heavy atom. The zero-order chi connectivity index (χ0) is 20.3. The van der Waals surface area contributed by atoms with Gasteiger partial charge in [0.05, 0.1) is 13.0 Å². The largest absolute Gasteiger partial charge is 0.573 e. The number of amides is 2. The van der Waals surface area contributed by atoms with Crippen LogP contribution in [0.1, 0.15) is 6.42 Å². The predicted octanol–water partition coefficient (Wildman–Crippen LogP) is 3.59. The van der Waals surface area contributed by atoms with Gasteiger partial charge in [0.1, 0.15) is 11.5 Å². The molecule has 0 bridgehead atoms. The van der Waals surface area contributed by atoms with Crippen molar-refractivity contribution in [3.05, 3.63) is 48.5 Å². The molecule has 0 aromatic heterocycles. The van der Waals surface area contributed by atoms with Crippen molar-refractivity contribution in [2.24, 2.45) is 5.92 Å². The average molecular weight is 394 g/mol. The third-order valence-electron chi connectivity index (χ3n) is 4.22. The maximum absolute atomic E-state index is 12.4. The molecule has 2 aromatic carbocycles. The fourth-order valence-corrected chi connectivity index (χ4v) is 2.90. The number of alkyl halides is 3. The number of rotatable bonds is 5. The molecule has 0 saturated carbocycles. The van der Waals surface area contributed by atoms with E-state index >= 15 is 0 Å². The number of hydrogen-bond acceptors (Lipinski definition) is 4. The lowest BCUT2D eigenvalue weighted by atomic mass is 10.1. The minimum atomic E-state index is -4.78. The van der Waals surface area contributed by atoms with Crippen LogP contribution in [-0.4, -0.2) is 31.8 Å². The highest BCUT2D eigenvalue weighted by Crippen LogP contribution is 2.29. The van der Waals surface area contributed by atoms with Gasteiger partial charge in [-0.1, -0.05) is 6.07 Å². The number of methoxy groups -OCH3 is 1. The molecule has 28 heavy (non-hydrogen) atoms. The van der Waals surface area contributed by atoms with E-state index in [1.807, 2.05) is 0 Å². The van der Waals surface area contributed by atoms with Gasteiger partial charge >= 0.3 is 6.36 Å². The average Bonchev–Trinajstić information content (AvgIpc) is 3.04. The van der Waals surface area contributed by atoms with E-state index in [0.717, 1.165) is 12.1 Å². The topological polar surface area (TPSA) is 67.9 Å². The van der Waals surface area contributed by atoms with Crippen molar-refractivity contribution in [1.82, 2.24) is 0 Å². The van der Waals surface area contributed by atoms with E-state index in [1.54, 1.807) is 24.3 Å². The first-order valence-electron chi connectivity index (χ1n) is 8.36. The molecule has 1 unspecified atom stereocenters. The second-order valence-electron chi connectivity index (χ2n) is 6.17. The van der Waals surface area contributed by atoms with Gasteiger partial charge < -0.3 is 19.7 Å². The van der Waals surface area contributed by atoms with Crippen molar-refractivity contribution >= 4 is 23.2 Å². The zero-order valence-corrected chi connectivity index (χ0v) is 14.8. The quantitative estimate of drug-likeness (QED) is 0.842. The summed E-state index contributed by atoms with van der Waals surface area (Å²) in [6.45, 7) is 0.201. The van der Waals surface area contributed by atoms with E-state index in [-0.39, 0.29) is 30.5 Å². The molecule has 0 spiro atoms. The number of benzene rings is 2. The number of carbonyl (C=O) groups excluding carboxylic acids is 2. The third kappa shape index (κ3) is 4.73. The smallest absolute Gasteiger partial charge is 0.497 e. The summed E-state index contributed by atoms with van der Waals surface area (Å²) < 4.78 is 45.5. The van der Waals surface area contributed by atoms with Crippen LogP contribution in [0.5, 0.6) is 11.5 Å². The first kappa shape index (κ1) is 19.5. The van der Waals surface area contributed by atoms with Gasteiger partial charge in [-0.2, -0.15) is 0 Å². The van der Waals surface area contributed by atoms with Crippen LogP contribution in [0, 0.1) is 5.92 Å². The van der Waals surface area contributed by atoms with E-state index in [1.165, 1.54) is 24.1 Å². The Morgan fingerprint density at radius 2 is 1.86 bits per heavy atom. The van der Waals surface area contributed by atoms with Crippen LogP contribution in [0.15, 0.2) is 48.5 Å². The molecule has 6 nitrogen and oxygen atoms in total. The van der Waals surface area contributed by atoms with Gasteiger partial charge in [0.25, 0.3) is 0 Å². The van der Waals surface area contributed by atoms with Crippen LogP contribution in [0.4, 0.5) is 24.5 Å². The lowest BCUT2D eigenvalue weighted by Crippen LogP contribution is -2.28. The van der Waals surface area contributed by atoms with Gasteiger partial charge in [-0.05, 0) is 36.4 Å². The van der Waals surface area contributed by atoms with Crippen LogP contribution >= 0.6 is 0 Å². The first-order chi connectivity index (χ1) is 13.2. The maximum Gasteiger partial charge on any atom is 0.573 e. The molecule has 1 aliphatic rings. The first-order valence-corrected chi connectivity index (χ1v) is 8.36. The molecule has 0 aliphatic carbocycles. The molecule has 1 aliphatic heterocycles. The molecule has 1 saturated heterocycles. The summed E-state index contributed by atoms with van der Waals surface area (Å²) in [7, 11) is 1.52. The van der Waals surface area contributed by atoms with Gasteiger partial charge in [-0.15, -0.1) is 13.2 Å². The molecule has 1 N–H and O–H groups in total. The highest BCUT2D eigenvalue weighted by atomic mass is 19.4. The van der Waals surface area contributed by atoms with Crippen LogP contribution in [0.2, 0.25) is 0 Å². The van der Waals surface area contributed by atoms with Crippen molar-refractivity contribution in [2.75, 3.05) is 23.9 Å². The minimum absolute atomic E-state index is 0.0400. The Balaban J connectivity index is 1.63. The summed E-state index contributed by atoms with van der Waals surface area (Å²) >= 11 is 0. The van der Waals surface area contributed by atoms with Gasteiger partial charge in [0.2, 0.25) is 11.8 Å². The van der Waals surface area contributed by atoms with E-state index < -0.39 is 12.3 Å². The second kappa shape index (κ2) is 7.79. The van der Waals surface area contributed by atoms with Gasteiger partial charge in [0, 0.05) is 30.4 Å². The lowest BCUT2D eigenvalue weighted by molar-refractivity contribution is -0.274. The minimum Gasteiger partial charge on any atom is -0.497 e. The van der Waals surface area contributed by atoms with E-state index in [9.17, 15) is 22.8 Å². The van der Waals surface area contributed by atoms with Gasteiger partial charge in [-0.3, -0.25) is 9.59 Å². The van der Waals surface area contributed by atoms with Crippen molar-refractivity contribution in [3.63, 3.8) is 0 Å². The Morgan fingerprint density at radius 3 is 2.50 bits per heavy atom. The summed E-state index contributed by atoms with van der Waals surface area (Å²) in [6.07, 6.45) is -4.74. The molecule has 1 atom stereocenters. The highest BCUT2D eigenvalue weighted by molar-refractivity contribution is 6.03. The predicted molar refractivity (Wildman–Crippen MR) is 95.2 cm³/mol. The number of carbonyl (C=O) groups is 2. The molecular formula is C19H17F3N2O4. The normalized spacial score (nSPS) is 16.8. The zero-order valence-electron chi connectivity index (χ0n) is 14.8. The molecule has 1 fully saturated rings. The molecular weight excluding hydrogens is 377 g/mol. The highest BCUT2D eigenvalue weighted by Gasteiger charge is 2.35. The molecule has 9 heteroatoms. The molecule has 3 rings (SSSR count). The summed E-state index contributed by atoms with van der Waals surface area (Å²) in [5.74, 6) is -0.944. The number of nitrogens with one attached hydrogen (secondary N) is 1. The third-order valence-corrected chi connectivity index (χ3v) is 4.22. The van der Waals surface area contributed by atoms with Crippen molar-refractivity contribution in [1.29, 1.82) is 0 Å². The van der Waals surface area contributed by atoms with Crippen LogP contribution in [0.25, 0.3) is 0 Å². The van der Waals surface area contributed by atoms with E-state index in [2.05, 4.69) is 10.1 Å². The van der Waals surface area contributed by atoms with Gasteiger partial charge in [-0.25, -0.2) is 0 Å². The lowest BCUT2D eigenvalue weighted by Gasteiger charge is -2.17. The summed E-state index contributed by atoms with van der Waals surface area (Å²) in [6, 6.07) is 11.8. The molecule has 0 radical (unpaired) electrons. The van der Waals surface area contributed by atoms with Gasteiger partial charge in [0.15, 0.2) is 0 Å². The monoisotopic (exact) mass is 394 g/mol.